The van der Waals surface area contributed by atoms with Gasteiger partial charge in [-0.05, 0) is 49.2 Å². The van der Waals surface area contributed by atoms with Crippen LogP contribution in [-0.4, -0.2) is 10.9 Å². The van der Waals surface area contributed by atoms with Crippen LogP contribution < -0.4 is 10.6 Å². The van der Waals surface area contributed by atoms with Crippen LogP contribution in [0.1, 0.15) is 25.3 Å². The van der Waals surface area contributed by atoms with E-state index in [-0.39, 0.29) is 5.91 Å². The summed E-state index contributed by atoms with van der Waals surface area (Å²) in [4.78, 5) is 15.7. The number of carbonyl (C=O) groups is 1. The van der Waals surface area contributed by atoms with E-state index in [4.69, 9.17) is 11.6 Å². The molecule has 21 heavy (non-hydrogen) atoms. The van der Waals surface area contributed by atoms with E-state index in [1.54, 1.807) is 12.3 Å². The monoisotopic (exact) mass is 303 g/mol. The molecule has 0 unspecified atom stereocenters. The molecule has 0 spiro atoms. The average molecular weight is 304 g/mol. The highest BCUT2D eigenvalue weighted by Crippen LogP contribution is 2.23. The van der Waals surface area contributed by atoms with Crippen molar-refractivity contribution in [3.63, 3.8) is 0 Å². The molecule has 1 aromatic carbocycles. The third kappa shape index (κ3) is 4.46. The fourth-order valence-corrected chi connectivity index (χ4v) is 2.12. The smallest absolute Gasteiger partial charge is 0.225 e. The average Bonchev–Trinajstić information content (AvgIpc) is 2.44. The van der Waals surface area contributed by atoms with Crippen LogP contribution in [-0.2, 0) is 4.79 Å². The van der Waals surface area contributed by atoms with Crippen LogP contribution in [0.5, 0.6) is 0 Å². The number of nitrogens with zero attached hydrogens (tertiary/aromatic N) is 1. The zero-order valence-corrected chi connectivity index (χ0v) is 12.9. The maximum Gasteiger partial charge on any atom is 0.225 e. The molecule has 0 radical (unpaired) electrons. The van der Waals surface area contributed by atoms with Gasteiger partial charge in [-0.3, -0.25) is 4.79 Å². The van der Waals surface area contributed by atoms with E-state index < -0.39 is 0 Å². The van der Waals surface area contributed by atoms with Gasteiger partial charge in [0.05, 0.1) is 11.9 Å². The second-order valence-corrected chi connectivity index (χ2v) is 5.25. The first-order valence-corrected chi connectivity index (χ1v) is 7.25. The van der Waals surface area contributed by atoms with Gasteiger partial charge in [0.1, 0.15) is 5.82 Å². The highest BCUT2D eigenvalue weighted by molar-refractivity contribution is 6.30. The minimum Gasteiger partial charge on any atom is -0.354 e. The number of aryl methyl sites for hydroxylation is 1. The van der Waals surface area contributed by atoms with Crippen molar-refractivity contribution in [2.75, 3.05) is 10.6 Å². The van der Waals surface area contributed by atoms with Gasteiger partial charge in [0, 0.05) is 17.1 Å². The third-order valence-corrected chi connectivity index (χ3v) is 3.21. The Balaban J connectivity index is 2.03. The summed E-state index contributed by atoms with van der Waals surface area (Å²) in [5.41, 5.74) is 2.89. The fourth-order valence-electron chi connectivity index (χ4n) is 1.90. The first kappa shape index (κ1) is 15.3. The number of anilines is 3. The lowest BCUT2D eigenvalue weighted by Gasteiger charge is -2.10. The first-order valence-electron chi connectivity index (χ1n) is 6.87. The zero-order valence-electron chi connectivity index (χ0n) is 12.1. The molecule has 2 aromatic rings. The van der Waals surface area contributed by atoms with Gasteiger partial charge in [0.25, 0.3) is 0 Å². The summed E-state index contributed by atoms with van der Waals surface area (Å²) >= 11 is 5.93. The van der Waals surface area contributed by atoms with Crippen molar-refractivity contribution >= 4 is 34.7 Å². The maximum absolute atomic E-state index is 11.5. The Labute approximate surface area is 129 Å². The molecule has 4 nitrogen and oxygen atoms in total. The summed E-state index contributed by atoms with van der Waals surface area (Å²) < 4.78 is 0. The molecule has 1 aromatic heterocycles. The Morgan fingerprint density at radius 1 is 1.29 bits per heavy atom. The summed E-state index contributed by atoms with van der Waals surface area (Å²) in [5, 5.41) is 6.74. The van der Waals surface area contributed by atoms with Gasteiger partial charge in [0.15, 0.2) is 0 Å². The van der Waals surface area contributed by atoms with Crippen LogP contribution in [0, 0.1) is 6.92 Å². The second-order valence-electron chi connectivity index (χ2n) is 4.81. The van der Waals surface area contributed by atoms with Gasteiger partial charge in [-0.2, -0.15) is 0 Å². The number of halogens is 1. The molecule has 1 amide bonds. The van der Waals surface area contributed by atoms with Crippen LogP contribution in [0.15, 0.2) is 36.5 Å². The van der Waals surface area contributed by atoms with Crippen molar-refractivity contribution < 1.29 is 4.79 Å². The Bertz CT molecular complexity index is 626. The molecule has 110 valence electrons. The molecule has 1 heterocycles. The van der Waals surface area contributed by atoms with Gasteiger partial charge >= 0.3 is 0 Å². The van der Waals surface area contributed by atoms with Crippen molar-refractivity contribution in [2.45, 2.75) is 26.7 Å². The molecule has 0 saturated heterocycles. The van der Waals surface area contributed by atoms with Crippen LogP contribution in [0.4, 0.5) is 17.2 Å². The summed E-state index contributed by atoms with van der Waals surface area (Å²) in [6.45, 7) is 3.95. The Morgan fingerprint density at radius 3 is 2.71 bits per heavy atom. The Kier molecular flexibility index (Phi) is 5.17. The van der Waals surface area contributed by atoms with Crippen molar-refractivity contribution in [3.05, 3.63) is 47.1 Å². The van der Waals surface area contributed by atoms with Crippen molar-refractivity contribution in [2.24, 2.45) is 0 Å². The van der Waals surface area contributed by atoms with Crippen LogP contribution in [0.25, 0.3) is 0 Å². The molecule has 0 saturated carbocycles. The van der Waals surface area contributed by atoms with Crippen LogP contribution in [0.2, 0.25) is 5.02 Å². The number of amides is 1. The van der Waals surface area contributed by atoms with E-state index in [2.05, 4.69) is 15.6 Å². The molecule has 0 atom stereocenters. The van der Waals surface area contributed by atoms with E-state index in [1.165, 1.54) is 0 Å². The van der Waals surface area contributed by atoms with E-state index in [1.807, 2.05) is 38.1 Å². The minimum atomic E-state index is -0.0146. The summed E-state index contributed by atoms with van der Waals surface area (Å²) in [5.74, 6) is 0.547. The lowest BCUT2D eigenvalue weighted by atomic mass is 10.2. The van der Waals surface area contributed by atoms with Crippen LogP contribution >= 0.6 is 11.6 Å². The molecule has 0 aliphatic rings. The molecule has 2 N–H and O–H groups in total. The summed E-state index contributed by atoms with van der Waals surface area (Å²) in [7, 11) is 0. The first-order chi connectivity index (χ1) is 10.1. The standard InChI is InChI=1S/C16H18ClN3O/c1-3-4-16(21)20-15-8-6-13(10-18-15)19-14-7-5-12(17)9-11(14)2/h5-10,19H,3-4H2,1-2H3,(H,18,20,21). The van der Waals surface area contributed by atoms with Crippen molar-refractivity contribution in [3.8, 4) is 0 Å². The number of pyridine rings is 1. The lowest BCUT2D eigenvalue weighted by Crippen LogP contribution is -2.11. The Hall–Kier alpha value is -2.07. The predicted molar refractivity (Wildman–Crippen MR) is 87.2 cm³/mol. The van der Waals surface area contributed by atoms with Crippen LogP contribution in [0.3, 0.4) is 0 Å². The Morgan fingerprint density at radius 2 is 2.10 bits per heavy atom. The van der Waals surface area contributed by atoms with E-state index >= 15 is 0 Å². The molecule has 0 aliphatic carbocycles. The fraction of sp³-hybridized carbons (Fsp3) is 0.250. The number of aromatic nitrogens is 1. The molecule has 0 bridgehead atoms. The minimum absolute atomic E-state index is 0.0146. The molecule has 5 heteroatoms. The number of rotatable bonds is 5. The normalized spacial score (nSPS) is 10.2. The summed E-state index contributed by atoms with van der Waals surface area (Å²) in [6.07, 6.45) is 3.02. The van der Waals surface area contributed by atoms with Gasteiger partial charge in [-0.15, -0.1) is 0 Å². The number of hydrogen-bond donors (Lipinski definition) is 2. The molecular formula is C16H18ClN3O. The lowest BCUT2D eigenvalue weighted by molar-refractivity contribution is -0.116. The number of benzene rings is 1. The molecule has 0 aliphatic heterocycles. The van der Waals surface area contributed by atoms with E-state index in [0.29, 0.717) is 17.3 Å². The van der Waals surface area contributed by atoms with Crippen molar-refractivity contribution in [1.82, 2.24) is 4.98 Å². The quantitative estimate of drug-likeness (QED) is 0.853. The molecule has 2 rings (SSSR count). The highest BCUT2D eigenvalue weighted by Gasteiger charge is 2.03. The van der Waals surface area contributed by atoms with Gasteiger partial charge in [-0.25, -0.2) is 4.98 Å². The van der Waals surface area contributed by atoms with Gasteiger partial charge in [-0.1, -0.05) is 18.5 Å². The number of carbonyl (C=O) groups excluding carboxylic acids is 1. The predicted octanol–water partition coefficient (Wildman–Crippen LogP) is 4.53. The highest BCUT2D eigenvalue weighted by atomic mass is 35.5. The topological polar surface area (TPSA) is 54.0 Å². The van der Waals surface area contributed by atoms with E-state index in [9.17, 15) is 4.79 Å². The van der Waals surface area contributed by atoms with Gasteiger partial charge in [0.2, 0.25) is 5.91 Å². The third-order valence-electron chi connectivity index (χ3n) is 2.98. The van der Waals surface area contributed by atoms with E-state index in [0.717, 1.165) is 23.4 Å². The second kappa shape index (κ2) is 7.09. The zero-order chi connectivity index (χ0) is 15.2. The van der Waals surface area contributed by atoms with Crippen molar-refractivity contribution in [1.29, 1.82) is 0 Å². The molecular weight excluding hydrogens is 286 g/mol. The SMILES string of the molecule is CCCC(=O)Nc1ccc(Nc2ccc(Cl)cc2C)cn1. The molecule has 0 fully saturated rings. The number of hydrogen-bond acceptors (Lipinski definition) is 3. The summed E-state index contributed by atoms with van der Waals surface area (Å²) in [6, 6.07) is 9.32. The number of nitrogens with one attached hydrogen (secondary N) is 2. The van der Waals surface area contributed by atoms with Gasteiger partial charge < -0.3 is 10.6 Å². The maximum atomic E-state index is 11.5. The largest absolute Gasteiger partial charge is 0.354 e.